The maximum Gasteiger partial charge on any atom is 0.295 e. The summed E-state index contributed by atoms with van der Waals surface area (Å²) >= 11 is 0. The van der Waals surface area contributed by atoms with Crippen molar-refractivity contribution < 1.29 is 28.9 Å². The Balaban J connectivity index is 1.80. The first-order valence-electron chi connectivity index (χ1n) is 12.0. The van der Waals surface area contributed by atoms with E-state index in [4.69, 9.17) is 14.2 Å². The van der Waals surface area contributed by atoms with Crippen LogP contribution in [-0.4, -0.2) is 47.5 Å². The van der Waals surface area contributed by atoms with Crippen LogP contribution in [0.4, 0.5) is 0 Å². The molecule has 2 aromatic carbocycles. The molecule has 1 aliphatic heterocycles. The molecule has 1 atom stereocenters. The van der Waals surface area contributed by atoms with E-state index in [1.165, 1.54) is 19.1 Å². The number of benzene rings is 2. The van der Waals surface area contributed by atoms with Crippen molar-refractivity contribution >= 4 is 17.4 Å². The Hall–Kier alpha value is -4.33. The highest BCUT2D eigenvalue weighted by Crippen LogP contribution is 2.42. The number of rotatable bonds is 9. The van der Waals surface area contributed by atoms with Crippen molar-refractivity contribution in [3.8, 4) is 17.2 Å². The molecule has 192 valence electrons. The predicted molar refractivity (Wildman–Crippen MR) is 138 cm³/mol. The molecule has 1 aromatic heterocycles. The number of likely N-dealkylation sites (tertiary alicyclic amines) is 1. The summed E-state index contributed by atoms with van der Waals surface area (Å²) in [5, 5.41) is 11.3. The Labute approximate surface area is 216 Å². The molecule has 0 spiro atoms. The van der Waals surface area contributed by atoms with Gasteiger partial charge in [-0.1, -0.05) is 26.0 Å². The lowest BCUT2D eigenvalue weighted by Gasteiger charge is -2.26. The molecule has 0 radical (unpaired) electrons. The molecule has 1 saturated heterocycles. The Morgan fingerprint density at radius 1 is 1.03 bits per heavy atom. The van der Waals surface area contributed by atoms with E-state index in [2.05, 4.69) is 18.8 Å². The highest BCUT2D eigenvalue weighted by Gasteiger charge is 2.46. The van der Waals surface area contributed by atoms with Crippen molar-refractivity contribution in [3.63, 3.8) is 0 Å². The van der Waals surface area contributed by atoms with Gasteiger partial charge in [0.25, 0.3) is 11.7 Å². The molecule has 0 bridgehead atoms. The first kappa shape index (κ1) is 25.8. The molecule has 0 saturated carbocycles. The van der Waals surface area contributed by atoms with Gasteiger partial charge in [-0.25, -0.2) is 0 Å². The van der Waals surface area contributed by atoms with E-state index >= 15 is 0 Å². The number of aromatic nitrogens is 1. The molecule has 37 heavy (non-hydrogen) atoms. The number of nitrogens with zero attached hydrogens (tertiary/aromatic N) is 2. The fourth-order valence-corrected chi connectivity index (χ4v) is 4.23. The van der Waals surface area contributed by atoms with Gasteiger partial charge in [-0.15, -0.1) is 0 Å². The first-order chi connectivity index (χ1) is 17.8. The SMILES string of the molecule is COc1ccc([C@@H]2/C(=C(\O)c3ccc(OCC(C)C)cc3)C(=O)C(=O)N2Cc2cccnc2)cc1OC. The van der Waals surface area contributed by atoms with Crippen LogP contribution in [0.25, 0.3) is 5.76 Å². The van der Waals surface area contributed by atoms with Crippen LogP contribution >= 0.6 is 0 Å². The van der Waals surface area contributed by atoms with Crippen molar-refractivity contribution in [2.24, 2.45) is 5.92 Å². The Morgan fingerprint density at radius 3 is 2.38 bits per heavy atom. The summed E-state index contributed by atoms with van der Waals surface area (Å²) in [6, 6.07) is 14.7. The fraction of sp³-hybridized carbons (Fsp3) is 0.276. The molecular formula is C29H30N2O6. The van der Waals surface area contributed by atoms with E-state index in [-0.39, 0.29) is 17.9 Å². The van der Waals surface area contributed by atoms with Gasteiger partial charge in [0.2, 0.25) is 0 Å². The van der Waals surface area contributed by atoms with Crippen LogP contribution in [0.3, 0.4) is 0 Å². The topological polar surface area (TPSA) is 98.2 Å². The summed E-state index contributed by atoms with van der Waals surface area (Å²) in [5.41, 5.74) is 1.75. The second-order valence-electron chi connectivity index (χ2n) is 9.13. The monoisotopic (exact) mass is 502 g/mol. The number of carbonyl (C=O) groups excluding carboxylic acids is 2. The predicted octanol–water partition coefficient (Wildman–Crippen LogP) is 4.76. The fourth-order valence-electron chi connectivity index (χ4n) is 4.23. The van der Waals surface area contributed by atoms with Crippen LogP contribution in [0, 0.1) is 5.92 Å². The Kier molecular flexibility index (Phi) is 7.77. The molecule has 3 aromatic rings. The minimum Gasteiger partial charge on any atom is -0.507 e. The third kappa shape index (κ3) is 5.43. The van der Waals surface area contributed by atoms with Crippen molar-refractivity contribution in [2.75, 3.05) is 20.8 Å². The molecule has 0 unspecified atom stereocenters. The number of amides is 1. The Bertz CT molecular complexity index is 1300. The number of aliphatic hydroxyl groups excluding tert-OH is 1. The zero-order valence-electron chi connectivity index (χ0n) is 21.3. The molecule has 1 amide bonds. The lowest BCUT2D eigenvalue weighted by Crippen LogP contribution is -2.29. The van der Waals surface area contributed by atoms with Gasteiger partial charge < -0.3 is 24.2 Å². The number of aliphatic hydroxyl groups is 1. The van der Waals surface area contributed by atoms with Gasteiger partial charge in [-0.05, 0) is 59.5 Å². The number of hydrogen-bond acceptors (Lipinski definition) is 7. The van der Waals surface area contributed by atoms with Crippen LogP contribution in [0.15, 0.2) is 72.6 Å². The van der Waals surface area contributed by atoms with Gasteiger partial charge in [0.15, 0.2) is 11.5 Å². The number of carbonyl (C=O) groups is 2. The molecule has 4 rings (SSSR count). The van der Waals surface area contributed by atoms with Gasteiger partial charge in [-0.3, -0.25) is 14.6 Å². The van der Waals surface area contributed by atoms with E-state index in [9.17, 15) is 14.7 Å². The van der Waals surface area contributed by atoms with Crippen molar-refractivity contribution in [1.82, 2.24) is 9.88 Å². The normalized spacial score (nSPS) is 16.8. The van der Waals surface area contributed by atoms with Gasteiger partial charge >= 0.3 is 0 Å². The van der Waals surface area contributed by atoms with Crippen LogP contribution in [0.1, 0.15) is 36.6 Å². The first-order valence-corrected chi connectivity index (χ1v) is 12.0. The molecule has 0 aliphatic carbocycles. The van der Waals surface area contributed by atoms with Crippen LogP contribution in [0.2, 0.25) is 0 Å². The molecular weight excluding hydrogens is 472 g/mol. The number of ketones is 1. The molecule has 1 fully saturated rings. The van der Waals surface area contributed by atoms with Crippen LogP contribution < -0.4 is 14.2 Å². The largest absolute Gasteiger partial charge is 0.507 e. The summed E-state index contributed by atoms with van der Waals surface area (Å²) in [5.74, 6) is 0.237. The number of ether oxygens (including phenoxy) is 3. The second-order valence-corrected chi connectivity index (χ2v) is 9.13. The molecule has 1 aliphatic rings. The lowest BCUT2D eigenvalue weighted by atomic mass is 9.94. The Morgan fingerprint density at radius 2 is 1.76 bits per heavy atom. The van der Waals surface area contributed by atoms with Crippen molar-refractivity contribution in [1.29, 1.82) is 0 Å². The van der Waals surface area contributed by atoms with Crippen LogP contribution in [0.5, 0.6) is 17.2 Å². The highest BCUT2D eigenvalue weighted by molar-refractivity contribution is 6.46. The third-order valence-electron chi connectivity index (χ3n) is 6.05. The maximum absolute atomic E-state index is 13.3. The van der Waals surface area contributed by atoms with Gasteiger partial charge in [0.1, 0.15) is 11.5 Å². The number of methoxy groups -OCH3 is 2. The van der Waals surface area contributed by atoms with E-state index in [1.807, 2.05) is 6.07 Å². The third-order valence-corrected chi connectivity index (χ3v) is 6.05. The lowest BCUT2D eigenvalue weighted by molar-refractivity contribution is -0.140. The van der Waals surface area contributed by atoms with Gasteiger partial charge in [0, 0.05) is 24.5 Å². The smallest absolute Gasteiger partial charge is 0.295 e. The zero-order chi connectivity index (χ0) is 26.5. The summed E-state index contributed by atoms with van der Waals surface area (Å²) < 4.78 is 16.5. The molecule has 8 heteroatoms. The molecule has 1 N–H and O–H groups in total. The van der Waals surface area contributed by atoms with Crippen molar-refractivity contribution in [2.45, 2.75) is 26.4 Å². The average Bonchev–Trinajstić information content (AvgIpc) is 3.16. The number of pyridine rings is 1. The average molecular weight is 503 g/mol. The van der Waals surface area contributed by atoms with Gasteiger partial charge in [0.05, 0.1) is 32.4 Å². The highest BCUT2D eigenvalue weighted by atomic mass is 16.5. The summed E-state index contributed by atoms with van der Waals surface area (Å²) in [6.45, 7) is 4.80. The maximum atomic E-state index is 13.3. The van der Waals surface area contributed by atoms with Crippen LogP contribution in [-0.2, 0) is 16.1 Å². The molecule has 2 heterocycles. The summed E-state index contributed by atoms with van der Waals surface area (Å²) in [6.07, 6.45) is 3.28. The van der Waals surface area contributed by atoms with Crippen molar-refractivity contribution in [3.05, 3.63) is 89.3 Å². The van der Waals surface area contributed by atoms with E-state index in [0.29, 0.717) is 40.9 Å². The quantitative estimate of drug-likeness (QED) is 0.256. The second kappa shape index (κ2) is 11.2. The van der Waals surface area contributed by atoms with E-state index < -0.39 is 17.7 Å². The molecule has 8 nitrogen and oxygen atoms in total. The zero-order valence-corrected chi connectivity index (χ0v) is 21.3. The van der Waals surface area contributed by atoms with Gasteiger partial charge in [-0.2, -0.15) is 0 Å². The standard InChI is InChI=1S/C29H30N2O6/c1-18(2)17-37-22-10-7-20(8-11-22)27(32)25-26(21-9-12-23(35-3)24(14-21)36-4)31(29(34)28(25)33)16-19-6-5-13-30-15-19/h5-15,18,26,32H,16-17H2,1-4H3/b27-25+/t26-/m1/s1. The minimum absolute atomic E-state index is 0.00282. The summed E-state index contributed by atoms with van der Waals surface area (Å²) in [4.78, 5) is 32.1. The minimum atomic E-state index is -0.850. The van der Waals surface area contributed by atoms with E-state index in [0.717, 1.165) is 5.56 Å². The number of hydrogen-bond donors (Lipinski definition) is 1. The summed E-state index contributed by atoms with van der Waals surface area (Å²) in [7, 11) is 3.04. The van der Waals surface area contributed by atoms with E-state index in [1.54, 1.807) is 60.9 Å². The number of Topliss-reactive ketones (excluding diaryl/α,β-unsaturated/α-hetero) is 1.